The van der Waals surface area contributed by atoms with E-state index >= 15 is 0 Å². The van der Waals surface area contributed by atoms with Crippen molar-refractivity contribution in [3.8, 4) is 11.3 Å². The third kappa shape index (κ3) is 2.20. The number of anilines is 1. The number of nitrogens with two attached hydrogens (primary N) is 1. The van der Waals surface area contributed by atoms with Crippen molar-refractivity contribution in [3.63, 3.8) is 0 Å². The predicted molar refractivity (Wildman–Crippen MR) is 89.3 cm³/mol. The molecule has 23 heavy (non-hydrogen) atoms. The summed E-state index contributed by atoms with van der Waals surface area (Å²) in [5, 5.41) is 4.62. The van der Waals surface area contributed by atoms with Gasteiger partial charge in [-0.1, -0.05) is 44.2 Å². The lowest BCUT2D eigenvalue weighted by Crippen LogP contribution is -2.28. The summed E-state index contributed by atoms with van der Waals surface area (Å²) in [5.74, 6) is 0.488. The van der Waals surface area contributed by atoms with Crippen molar-refractivity contribution >= 4 is 17.2 Å². The number of benzene rings is 1. The lowest BCUT2D eigenvalue weighted by molar-refractivity contribution is 0.0909. The van der Waals surface area contributed by atoms with Gasteiger partial charge in [-0.05, 0) is 17.9 Å². The second-order valence-electron chi connectivity index (χ2n) is 6.93. The van der Waals surface area contributed by atoms with Crippen molar-refractivity contribution in [2.45, 2.75) is 26.7 Å². The molecule has 0 atom stereocenters. The number of hydrogen-bond donors (Lipinski definition) is 1. The first-order chi connectivity index (χ1) is 10.9. The summed E-state index contributed by atoms with van der Waals surface area (Å²) in [6, 6.07) is 11.7. The maximum absolute atomic E-state index is 12.5. The number of nitrogens with zero attached hydrogens (tertiary/aromatic N) is 3. The van der Waals surface area contributed by atoms with Gasteiger partial charge in [0.2, 0.25) is 5.95 Å². The van der Waals surface area contributed by atoms with E-state index in [4.69, 9.17) is 5.73 Å². The molecule has 0 radical (unpaired) electrons. The number of rotatable bonds is 1. The van der Waals surface area contributed by atoms with Crippen LogP contribution >= 0.6 is 0 Å². The van der Waals surface area contributed by atoms with Gasteiger partial charge in [0.25, 0.3) is 0 Å². The fourth-order valence-corrected chi connectivity index (χ4v) is 3.30. The van der Waals surface area contributed by atoms with Gasteiger partial charge in [0.1, 0.15) is 5.69 Å². The molecule has 1 aliphatic rings. The van der Waals surface area contributed by atoms with E-state index in [1.54, 1.807) is 4.52 Å². The van der Waals surface area contributed by atoms with Crippen LogP contribution in [0.5, 0.6) is 0 Å². The summed E-state index contributed by atoms with van der Waals surface area (Å²) in [6.07, 6.45) is 1.31. The molecule has 5 heteroatoms. The third-order valence-corrected chi connectivity index (χ3v) is 4.36. The van der Waals surface area contributed by atoms with Crippen LogP contribution in [0, 0.1) is 5.41 Å². The molecule has 0 spiro atoms. The smallest absolute Gasteiger partial charge is 0.222 e. The number of aromatic nitrogens is 3. The minimum absolute atomic E-state index is 0.0671. The van der Waals surface area contributed by atoms with E-state index in [-0.39, 0.29) is 11.2 Å². The zero-order valence-corrected chi connectivity index (χ0v) is 13.2. The highest BCUT2D eigenvalue weighted by molar-refractivity contribution is 6.00. The number of carbonyl (C=O) groups excluding carboxylic acids is 1. The Morgan fingerprint density at radius 1 is 1.17 bits per heavy atom. The monoisotopic (exact) mass is 306 g/mol. The molecule has 0 fully saturated rings. The van der Waals surface area contributed by atoms with E-state index in [0.717, 1.165) is 28.9 Å². The van der Waals surface area contributed by atoms with Crippen LogP contribution in [0.3, 0.4) is 0 Å². The molecule has 2 N–H and O–H groups in total. The molecule has 0 unspecified atom stereocenters. The molecule has 0 saturated carbocycles. The lowest BCUT2D eigenvalue weighted by atomic mass is 9.76. The van der Waals surface area contributed by atoms with Gasteiger partial charge in [0.05, 0.1) is 11.2 Å². The largest absolute Gasteiger partial charge is 0.368 e. The Morgan fingerprint density at radius 2 is 1.91 bits per heavy atom. The maximum atomic E-state index is 12.5. The van der Waals surface area contributed by atoms with E-state index in [0.29, 0.717) is 17.9 Å². The van der Waals surface area contributed by atoms with Crippen LogP contribution in [0.25, 0.3) is 16.8 Å². The Hall–Kier alpha value is -2.69. The molecule has 4 rings (SSSR count). The molecule has 0 aliphatic heterocycles. The molecule has 1 aliphatic carbocycles. The van der Waals surface area contributed by atoms with Crippen LogP contribution < -0.4 is 5.73 Å². The van der Waals surface area contributed by atoms with Crippen molar-refractivity contribution in [2.75, 3.05) is 5.73 Å². The summed E-state index contributed by atoms with van der Waals surface area (Å²) >= 11 is 0. The Bertz CT molecular complexity index is 925. The molecular weight excluding hydrogens is 288 g/mol. The van der Waals surface area contributed by atoms with Crippen LogP contribution in [0.1, 0.15) is 36.3 Å². The number of ketones is 1. The fourth-order valence-electron chi connectivity index (χ4n) is 3.30. The molecule has 3 aromatic rings. The van der Waals surface area contributed by atoms with E-state index in [1.165, 1.54) is 0 Å². The molecule has 2 heterocycles. The second kappa shape index (κ2) is 4.65. The predicted octanol–water partition coefficient (Wildman–Crippen LogP) is 3.13. The number of hydrogen-bond acceptors (Lipinski definition) is 4. The van der Waals surface area contributed by atoms with Gasteiger partial charge in [-0.2, -0.15) is 9.61 Å². The van der Waals surface area contributed by atoms with Gasteiger partial charge in [-0.3, -0.25) is 4.79 Å². The molecule has 116 valence electrons. The molecule has 1 aromatic carbocycles. The quantitative estimate of drug-likeness (QED) is 0.749. The minimum atomic E-state index is -0.0671. The standard InChI is InChI=1S/C18H18N4O/c1-18(2)9-13-12(15(23)10-18)8-14-16(11-6-4-3-5-7-11)20-17(19)22(14)21-13/h3-8H,9-10H2,1-2H3,(H2,19,20). The lowest BCUT2D eigenvalue weighted by Gasteiger charge is -2.29. The van der Waals surface area contributed by atoms with E-state index < -0.39 is 0 Å². The highest BCUT2D eigenvalue weighted by atomic mass is 16.1. The van der Waals surface area contributed by atoms with Crippen molar-refractivity contribution in [2.24, 2.45) is 5.41 Å². The number of Topliss-reactive ketones (excluding diaryl/α,β-unsaturated/α-hetero) is 1. The number of fused-ring (bicyclic) bond motifs is 2. The zero-order valence-electron chi connectivity index (χ0n) is 13.2. The molecule has 0 amide bonds. The SMILES string of the molecule is CC1(C)CC(=O)c2cc3c(-c4ccccc4)nc(N)n3nc2C1. The Kier molecular flexibility index (Phi) is 2.82. The highest BCUT2D eigenvalue weighted by Crippen LogP contribution is 2.35. The van der Waals surface area contributed by atoms with Crippen molar-refractivity contribution in [1.29, 1.82) is 0 Å². The first-order valence-corrected chi connectivity index (χ1v) is 7.71. The second-order valence-corrected chi connectivity index (χ2v) is 6.93. The van der Waals surface area contributed by atoms with Gasteiger partial charge >= 0.3 is 0 Å². The third-order valence-electron chi connectivity index (χ3n) is 4.36. The summed E-state index contributed by atoms with van der Waals surface area (Å²) in [7, 11) is 0. The molecule has 0 bridgehead atoms. The highest BCUT2D eigenvalue weighted by Gasteiger charge is 2.33. The summed E-state index contributed by atoms with van der Waals surface area (Å²) in [5.41, 5.74) is 10.0. The summed E-state index contributed by atoms with van der Waals surface area (Å²) in [4.78, 5) is 17.0. The minimum Gasteiger partial charge on any atom is -0.368 e. The Morgan fingerprint density at radius 3 is 2.65 bits per heavy atom. The van der Waals surface area contributed by atoms with Crippen LogP contribution in [0.2, 0.25) is 0 Å². The van der Waals surface area contributed by atoms with Gasteiger partial charge in [-0.15, -0.1) is 0 Å². The Balaban J connectivity index is 1.97. The fraction of sp³-hybridized carbons (Fsp3) is 0.278. The zero-order chi connectivity index (χ0) is 16.2. The van der Waals surface area contributed by atoms with Crippen LogP contribution in [-0.2, 0) is 6.42 Å². The van der Waals surface area contributed by atoms with E-state index in [2.05, 4.69) is 23.9 Å². The van der Waals surface area contributed by atoms with Crippen LogP contribution in [0.4, 0.5) is 5.95 Å². The van der Waals surface area contributed by atoms with Gasteiger partial charge < -0.3 is 5.73 Å². The van der Waals surface area contributed by atoms with Crippen LogP contribution in [-0.4, -0.2) is 20.4 Å². The first kappa shape index (κ1) is 13.9. The van der Waals surface area contributed by atoms with E-state index in [1.807, 2.05) is 36.4 Å². The van der Waals surface area contributed by atoms with Crippen molar-refractivity contribution in [3.05, 3.63) is 47.7 Å². The van der Waals surface area contributed by atoms with Gasteiger partial charge in [0, 0.05) is 17.5 Å². The van der Waals surface area contributed by atoms with E-state index in [9.17, 15) is 4.79 Å². The summed E-state index contributed by atoms with van der Waals surface area (Å²) < 4.78 is 1.65. The first-order valence-electron chi connectivity index (χ1n) is 7.71. The number of carbonyl (C=O) groups is 1. The normalized spacial score (nSPS) is 16.5. The number of imidazole rings is 1. The molecular formula is C18H18N4O. The van der Waals surface area contributed by atoms with Crippen LogP contribution in [0.15, 0.2) is 36.4 Å². The van der Waals surface area contributed by atoms with Gasteiger partial charge in [-0.25, -0.2) is 4.98 Å². The summed E-state index contributed by atoms with van der Waals surface area (Å²) in [6.45, 7) is 4.18. The molecule has 0 saturated heterocycles. The average molecular weight is 306 g/mol. The van der Waals surface area contributed by atoms with Crippen molar-refractivity contribution < 1.29 is 4.79 Å². The van der Waals surface area contributed by atoms with Gasteiger partial charge in [0.15, 0.2) is 5.78 Å². The number of nitrogen functional groups attached to an aromatic ring is 1. The Labute approximate surface area is 134 Å². The van der Waals surface area contributed by atoms with Crippen molar-refractivity contribution in [1.82, 2.24) is 14.6 Å². The average Bonchev–Trinajstić information content (AvgIpc) is 2.82. The maximum Gasteiger partial charge on any atom is 0.222 e. The molecule has 2 aromatic heterocycles. The topological polar surface area (TPSA) is 73.3 Å². The molecule has 5 nitrogen and oxygen atoms in total.